The molecule has 0 spiro atoms. The minimum absolute atomic E-state index is 0.113. The van der Waals surface area contributed by atoms with Crippen LogP contribution >= 0.6 is 22.9 Å². The van der Waals surface area contributed by atoms with Gasteiger partial charge in [-0.05, 0) is 62.2 Å². The van der Waals surface area contributed by atoms with Crippen molar-refractivity contribution in [3.8, 4) is 5.75 Å². The predicted octanol–water partition coefficient (Wildman–Crippen LogP) is 5.22. The fraction of sp³-hybridized carbons (Fsp3) is 0.231. The second-order valence-electron chi connectivity index (χ2n) is 8.04. The molecule has 2 aromatic carbocycles. The standard InChI is InChI=1S/C26H23ClN2O6S/c1-5-35-18-10-9-16(11-13(18)2)21(30)19-20(15-7-6-8-17(27)12-15)29(24(32)22(19)31)26-28-14(3)23(36-26)25(33)34-4/h6-12,20,30H,5H2,1-4H3/t20-/m0/s1. The van der Waals surface area contributed by atoms with E-state index < -0.39 is 23.7 Å². The van der Waals surface area contributed by atoms with E-state index in [1.54, 1.807) is 49.4 Å². The zero-order valence-corrected chi connectivity index (χ0v) is 21.6. The highest BCUT2D eigenvalue weighted by Crippen LogP contribution is 2.44. The average Bonchev–Trinajstić information content (AvgIpc) is 3.36. The summed E-state index contributed by atoms with van der Waals surface area (Å²) in [7, 11) is 1.25. The molecular formula is C26H23ClN2O6S. The van der Waals surface area contributed by atoms with Gasteiger partial charge in [-0.1, -0.05) is 35.1 Å². The fourth-order valence-corrected chi connectivity index (χ4v) is 5.27. The molecule has 0 aliphatic carbocycles. The maximum Gasteiger partial charge on any atom is 0.350 e. The Bertz CT molecular complexity index is 1410. The number of ether oxygens (including phenoxy) is 2. The number of ketones is 1. The third kappa shape index (κ3) is 4.47. The number of hydrogen-bond donors (Lipinski definition) is 1. The topological polar surface area (TPSA) is 106 Å². The van der Waals surface area contributed by atoms with Gasteiger partial charge in [0.15, 0.2) is 5.13 Å². The number of aromatic nitrogens is 1. The molecule has 0 bridgehead atoms. The van der Waals surface area contributed by atoms with E-state index in [9.17, 15) is 19.5 Å². The molecular weight excluding hydrogens is 504 g/mol. The number of Topliss-reactive ketones (excluding diaryl/α,β-unsaturated/α-hetero) is 1. The Morgan fingerprint density at radius 3 is 2.58 bits per heavy atom. The number of nitrogens with zero attached hydrogens (tertiary/aromatic N) is 2. The molecule has 36 heavy (non-hydrogen) atoms. The summed E-state index contributed by atoms with van der Waals surface area (Å²) in [6.45, 7) is 5.78. The Labute approximate surface area is 216 Å². The van der Waals surface area contributed by atoms with E-state index >= 15 is 0 Å². The van der Waals surface area contributed by atoms with E-state index in [4.69, 9.17) is 21.1 Å². The molecule has 3 aromatic rings. The quantitative estimate of drug-likeness (QED) is 0.203. The molecule has 186 valence electrons. The number of rotatable bonds is 6. The highest BCUT2D eigenvalue weighted by Gasteiger charge is 2.48. The lowest BCUT2D eigenvalue weighted by molar-refractivity contribution is -0.132. The molecule has 2 heterocycles. The largest absolute Gasteiger partial charge is 0.507 e. The van der Waals surface area contributed by atoms with Gasteiger partial charge in [-0.2, -0.15) is 0 Å². The lowest BCUT2D eigenvalue weighted by atomic mass is 9.95. The first-order chi connectivity index (χ1) is 17.2. The number of halogens is 1. The third-order valence-corrected chi connectivity index (χ3v) is 7.09. The van der Waals surface area contributed by atoms with Gasteiger partial charge in [0.05, 0.1) is 31.0 Å². The summed E-state index contributed by atoms with van der Waals surface area (Å²) in [6, 6.07) is 10.7. The summed E-state index contributed by atoms with van der Waals surface area (Å²) in [5.41, 5.74) is 1.85. The molecule has 1 aliphatic heterocycles. The van der Waals surface area contributed by atoms with E-state index in [0.29, 0.717) is 34.2 Å². The summed E-state index contributed by atoms with van der Waals surface area (Å²) >= 11 is 7.17. The van der Waals surface area contributed by atoms with Gasteiger partial charge >= 0.3 is 11.9 Å². The van der Waals surface area contributed by atoms with Gasteiger partial charge in [0.1, 0.15) is 16.4 Å². The molecule has 1 aromatic heterocycles. The van der Waals surface area contributed by atoms with Crippen LogP contribution in [0.25, 0.3) is 5.76 Å². The lowest BCUT2D eigenvalue weighted by Gasteiger charge is -2.23. The predicted molar refractivity (Wildman–Crippen MR) is 137 cm³/mol. The summed E-state index contributed by atoms with van der Waals surface area (Å²) in [4.78, 5) is 44.6. The molecule has 0 radical (unpaired) electrons. The van der Waals surface area contributed by atoms with Crippen LogP contribution in [0.4, 0.5) is 5.13 Å². The molecule has 10 heteroatoms. The summed E-state index contributed by atoms with van der Waals surface area (Å²) in [5.74, 6) is -2.05. The van der Waals surface area contributed by atoms with Crippen LogP contribution in [-0.4, -0.2) is 41.5 Å². The fourth-order valence-electron chi connectivity index (χ4n) is 4.06. The van der Waals surface area contributed by atoms with Crippen molar-refractivity contribution in [3.63, 3.8) is 0 Å². The number of benzene rings is 2. The number of carbonyl (C=O) groups excluding carboxylic acids is 3. The van der Waals surface area contributed by atoms with Crippen LogP contribution in [0, 0.1) is 13.8 Å². The second kappa shape index (κ2) is 10.1. The highest BCUT2D eigenvalue weighted by molar-refractivity contribution is 7.17. The van der Waals surface area contributed by atoms with Gasteiger partial charge < -0.3 is 14.6 Å². The molecule has 0 unspecified atom stereocenters. The first-order valence-electron chi connectivity index (χ1n) is 11.0. The van der Waals surface area contributed by atoms with Gasteiger partial charge in [0, 0.05) is 10.6 Å². The normalized spacial score (nSPS) is 16.9. The van der Waals surface area contributed by atoms with Crippen molar-refractivity contribution in [2.75, 3.05) is 18.6 Å². The molecule has 1 atom stereocenters. The summed E-state index contributed by atoms with van der Waals surface area (Å²) in [5, 5.41) is 11.8. The number of carbonyl (C=O) groups is 3. The molecule has 1 saturated heterocycles. The maximum absolute atomic E-state index is 13.3. The Morgan fingerprint density at radius 2 is 1.94 bits per heavy atom. The Kier molecular flexibility index (Phi) is 7.14. The SMILES string of the molecule is CCOc1ccc(C(O)=C2C(=O)C(=O)N(c3nc(C)c(C(=O)OC)s3)[C@H]2c2cccc(Cl)c2)cc1C. The third-order valence-electron chi connectivity index (χ3n) is 5.72. The number of thiazole rings is 1. The first-order valence-corrected chi connectivity index (χ1v) is 12.2. The molecule has 1 amide bonds. The zero-order chi connectivity index (χ0) is 26.1. The van der Waals surface area contributed by atoms with Crippen molar-refractivity contribution in [2.45, 2.75) is 26.8 Å². The molecule has 1 N–H and O–H groups in total. The smallest absolute Gasteiger partial charge is 0.350 e. The molecule has 1 fully saturated rings. The van der Waals surface area contributed by atoms with Crippen LogP contribution in [0.3, 0.4) is 0 Å². The second-order valence-corrected chi connectivity index (χ2v) is 9.45. The number of aliphatic hydroxyl groups excluding tert-OH is 1. The maximum atomic E-state index is 13.3. The minimum atomic E-state index is -1.02. The Morgan fingerprint density at radius 1 is 1.19 bits per heavy atom. The zero-order valence-electron chi connectivity index (χ0n) is 20.0. The minimum Gasteiger partial charge on any atom is -0.507 e. The van der Waals surface area contributed by atoms with Crippen LogP contribution in [-0.2, 0) is 14.3 Å². The summed E-state index contributed by atoms with van der Waals surface area (Å²) < 4.78 is 10.4. The van der Waals surface area contributed by atoms with Gasteiger partial charge in [-0.3, -0.25) is 14.5 Å². The van der Waals surface area contributed by atoms with Crippen LogP contribution in [0.1, 0.15) is 45.0 Å². The van der Waals surface area contributed by atoms with Gasteiger partial charge in [0.2, 0.25) is 0 Å². The van der Waals surface area contributed by atoms with E-state index in [-0.39, 0.29) is 21.3 Å². The van der Waals surface area contributed by atoms with E-state index in [2.05, 4.69) is 4.98 Å². The summed E-state index contributed by atoms with van der Waals surface area (Å²) in [6.07, 6.45) is 0. The number of methoxy groups -OCH3 is 1. The Balaban J connectivity index is 1.92. The Hall–Kier alpha value is -3.69. The number of amides is 1. The molecule has 8 nitrogen and oxygen atoms in total. The van der Waals surface area contributed by atoms with E-state index in [0.717, 1.165) is 16.9 Å². The molecule has 4 rings (SSSR count). The number of anilines is 1. The van der Waals surface area contributed by atoms with Crippen LogP contribution in [0.2, 0.25) is 5.02 Å². The number of hydrogen-bond acceptors (Lipinski definition) is 8. The van der Waals surface area contributed by atoms with Crippen LogP contribution in [0.15, 0.2) is 48.0 Å². The van der Waals surface area contributed by atoms with E-state index in [1.165, 1.54) is 12.0 Å². The van der Waals surface area contributed by atoms with Crippen molar-refractivity contribution in [1.82, 2.24) is 4.98 Å². The van der Waals surface area contributed by atoms with Crippen molar-refractivity contribution >= 4 is 51.5 Å². The highest BCUT2D eigenvalue weighted by atomic mass is 35.5. The number of esters is 1. The van der Waals surface area contributed by atoms with Crippen LogP contribution in [0.5, 0.6) is 5.75 Å². The van der Waals surface area contributed by atoms with E-state index in [1.807, 2.05) is 13.8 Å². The van der Waals surface area contributed by atoms with Crippen molar-refractivity contribution < 1.29 is 29.0 Å². The van der Waals surface area contributed by atoms with Gasteiger partial charge in [0.25, 0.3) is 5.78 Å². The lowest BCUT2D eigenvalue weighted by Crippen LogP contribution is -2.29. The number of aliphatic hydroxyl groups is 1. The van der Waals surface area contributed by atoms with Crippen molar-refractivity contribution in [2.24, 2.45) is 0 Å². The van der Waals surface area contributed by atoms with Gasteiger partial charge in [-0.25, -0.2) is 9.78 Å². The monoisotopic (exact) mass is 526 g/mol. The molecule has 0 saturated carbocycles. The van der Waals surface area contributed by atoms with Crippen molar-refractivity contribution in [3.05, 3.63) is 80.3 Å². The van der Waals surface area contributed by atoms with Crippen molar-refractivity contribution in [1.29, 1.82) is 0 Å². The first kappa shape index (κ1) is 25.4. The number of aryl methyl sites for hydroxylation is 2. The molecule has 1 aliphatic rings. The van der Waals surface area contributed by atoms with Gasteiger partial charge in [-0.15, -0.1) is 0 Å². The van der Waals surface area contributed by atoms with Crippen LogP contribution < -0.4 is 9.64 Å². The average molecular weight is 527 g/mol.